The van der Waals surface area contributed by atoms with Crippen LogP contribution in [-0.4, -0.2) is 67.2 Å². The molecular formula is C22H35N3O2. The Morgan fingerprint density at radius 3 is 2.59 bits per heavy atom. The second-order valence-electron chi connectivity index (χ2n) is 9.14. The lowest BCUT2D eigenvalue weighted by Crippen LogP contribution is -2.49. The van der Waals surface area contributed by atoms with E-state index in [9.17, 15) is 4.79 Å². The minimum atomic E-state index is 0.162. The third kappa shape index (κ3) is 4.64. The van der Waals surface area contributed by atoms with E-state index in [1.54, 1.807) is 0 Å². The molecule has 0 radical (unpaired) electrons. The molecule has 1 aromatic rings. The van der Waals surface area contributed by atoms with Crippen LogP contribution in [-0.2, 0) is 4.74 Å². The third-order valence-corrected chi connectivity index (χ3v) is 5.86. The molecule has 2 atom stereocenters. The van der Waals surface area contributed by atoms with Gasteiger partial charge in [0.25, 0.3) is 5.91 Å². The quantitative estimate of drug-likeness (QED) is 0.879. The lowest BCUT2D eigenvalue weighted by molar-refractivity contribution is 0.0104. The highest BCUT2D eigenvalue weighted by Crippen LogP contribution is 2.28. The molecule has 27 heavy (non-hydrogen) atoms. The van der Waals surface area contributed by atoms with Crippen molar-refractivity contribution in [3.8, 4) is 0 Å². The summed E-state index contributed by atoms with van der Waals surface area (Å²) in [5, 5.41) is 3.52. The van der Waals surface area contributed by atoms with E-state index in [1.165, 1.54) is 0 Å². The SMILES string of the molecule is Cc1c(NCC(C)(C)C)cccc1C(=O)N1CC[C@@H](N2CCOCC2)[C@H]1C. The summed E-state index contributed by atoms with van der Waals surface area (Å²) in [7, 11) is 0. The minimum absolute atomic E-state index is 0.162. The number of benzene rings is 1. The number of morpholine rings is 1. The average molecular weight is 374 g/mol. The zero-order chi connectivity index (χ0) is 19.6. The van der Waals surface area contributed by atoms with Gasteiger partial charge in [0.2, 0.25) is 0 Å². The molecule has 2 heterocycles. The van der Waals surface area contributed by atoms with E-state index in [2.05, 4.69) is 55.8 Å². The van der Waals surface area contributed by atoms with Crippen molar-refractivity contribution in [3.05, 3.63) is 29.3 Å². The number of nitrogens with one attached hydrogen (secondary N) is 1. The Kier molecular flexibility index (Phi) is 6.11. The normalized spacial score (nSPS) is 24.3. The number of nitrogens with zero attached hydrogens (tertiary/aromatic N) is 2. The van der Waals surface area contributed by atoms with Gasteiger partial charge in [-0.2, -0.15) is 0 Å². The number of carbonyl (C=O) groups excluding carboxylic acids is 1. The Hall–Kier alpha value is -1.59. The Bertz CT molecular complexity index is 662. The largest absolute Gasteiger partial charge is 0.384 e. The molecule has 0 spiro atoms. The first-order valence-electron chi connectivity index (χ1n) is 10.2. The van der Waals surface area contributed by atoms with Gasteiger partial charge in [0, 0.05) is 49.5 Å². The summed E-state index contributed by atoms with van der Waals surface area (Å²) < 4.78 is 5.48. The molecule has 5 nitrogen and oxygen atoms in total. The van der Waals surface area contributed by atoms with Crippen molar-refractivity contribution in [2.45, 2.75) is 53.1 Å². The Labute approximate surface area is 164 Å². The summed E-state index contributed by atoms with van der Waals surface area (Å²) in [6, 6.07) is 6.71. The minimum Gasteiger partial charge on any atom is -0.384 e. The monoisotopic (exact) mass is 373 g/mol. The fourth-order valence-electron chi connectivity index (χ4n) is 4.18. The lowest BCUT2D eigenvalue weighted by atomic mass is 9.96. The van der Waals surface area contributed by atoms with Crippen LogP contribution < -0.4 is 5.32 Å². The van der Waals surface area contributed by atoms with E-state index in [1.807, 2.05) is 12.1 Å². The molecule has 5 heteroatoms. The first kappa shape index (κ1) is 20.2. The van der Waals surface area contributed by atoms with E-state index in [0.717, 1.165) is 62.6 Å². The second kappa shape index (κ2) is 8.19. The number of amides is 1. The van der Waals surface area contributed by atoms with Gasteiger partial charge in [-0.05, 0) is 43.4 Å². The molecule has 0 aliphatic carbocycles. The molecule has 1 amide bonds. The Morgan fingerprint density at radius 1 is 1.22 bits per heavy atom. The van der Waals surface area contributed by atoms with E-state index in [4.69, 9.17) is 4.74 Å². The zero-order valence-electron chi connectivity index (χ0n) is 17.5. The smallest absolute Gasteiger partial charge is 0.254 e. The molecule has 2 aliphatic heterocycles. The predicted molar refractivity (Wildman–Crippen MR) is 110 cm³/mol. The fraction of sp³-hybridized carbons (Fsp3) is 0.682. The van der Waals surface area contributed by atoms with E-state index in [-0.39, 0.29) is 17.4 Å². The van der Waals surface area contributed by atoms with Crippen LogP contribution in [0.2, 0.25) is 0 Å². The van der Waals surface area contributed by atoms with Gasteiger partial charge in [0.15, 0.2) is 0 Å². The highest BCUT2D eigenvalue weighted by atomic mass is 16.5. The van der Waals surface area contributed by atoms with Crippen LogP contribution in [0.3, 0.4) is 0 Å². The van der Waals surface area contributed by atoms with Crippen molar-refractivity contribution in [2.75, 3.05) is 44.7 Å². The first-order chi connectivity index (χ1) is 12.8. The zero-order valence-corrected chi connectivity index (χ0v) is 17.5. The van der Waals surface area contributed by atoms with Gasteiger partial charge in [0.1, 0.15) is 0 Å². The van der Waals surface area contributed by atoms with Crippen LogP contribution in [0.1, 0.15) is 50.0 Å². The first-order valence-corrected chi connectivity index (χ1v) is 10.2. The van der Waals surface area contributed by atoms with Crippen LogP contribution in [0.15, 0.2) is 18.2 Å². The third-order valence-electron chi connectivity index (χ3n) is 5.86. The van der Waals surface area contributed by atoms with Crippen molar-refractivity contribution in [1.29, 1.82) is 0 Å². The molecule has 2 fully saturated rings. The maximum atomic E-state index is 13.3. The van der Waals surface area contributed by atoms with Gasteiger partial charge in [-0.3, -0.25) is 9.69 Å². The highest BCUT2D eigenvalue weighted by molar-refractivity contribution is 5.97. The predicted octanol–water partition coefficient (Wildman–Crippen LogP) is 3.39. The maximum Gasteiger partial charge on any atom is 0.254 e. The second-order valence-corrected chi connectivity index (χ2v) is 9.14. The van der Waals surface area contributed by atoms with Crippen molar-refractivity contribution in [1.82, 2.24) is 9.80 Å². The highest BCUT2D eigenvalue weighted by Gasteiger charge is 2.38. The number of hydrogen-bond acceptors (Lipinski definition) is 4. The van der Waals surface area contributed by atoms with Gasteiger partial charge in [-0.25, -0.2) is 0 Å². The summed E-state index contributed by atoms with van der Waals surface area (Å²) in [6.45, 7) is 16.2. The molecule has 1 aromatic carbocycles. The Balaban J connectivity index is 1.72. The van der Waals surface area contributed by atoms with Gasteiger partial charge in [-0.15, -0.1) is 0 Å². The molecule has 2 aliphatic rings. The molecule has 2 saturated heterocycles. The molecule has 0 bridgehead atoms. The molecule has 3 rings (SSSR count). The topological polar surface area (TPSA) is 44.8 Å². The van der Waals surface area contributed by atoms with Crippen LogP contribution in [0.5, 0.6) is 0 Å². The van der Waals surface area contributed by atoms with Gasteiger partial charge < -0.3 is 15.0 Å². The van der Waals surface area contributed by atoms with Crippen LogP contribution >= 0.6 is 0 Å². The van der Waals surface area contributed by atoms with E-state index >= 15 is 0 Å². The van der Waals surface area contributed by atoms with Gasteiger partial charge >= 0.3 is 0 Å². The molecule has 150 valence electrons. The lowest BCUT2D eigenvalue weighted by Gasteiger charge is -2.35. The maximum absolute atomic E-state index is 13.3. The average Bonchev–Trinajstić information content (AvgIpc) is 3.02. The molecule has 0 unspecified atom stereocenters. The van der Waals surface area contributed by atoms with Crippen LogP contribution in [0, 0.1) is 12.3 Å². The summed E-state index contributed by atoms with van der Waals surface area (Å²) in [5.41, 5.74) is 3.13. The fourth-order valence-corrected chi connectivity index (χ4v) is 4.18. The van der Waals surface area contributed by atoms with Crippen molar-refractivity contribution >= 4 is 11.6 Å². The number of hydrogen-bond donors (Lipinski definition) is 1. The number of likely N-dealkylation sites (tertiary alicyclic amines) is 1. The van der Waals surface area contributed by atoms with Crippen molar-refractivity contribution in [2.24, 2.45) is 5.41 Å². The summed E-state index contributed by atoms with van der Waals surface area (Å²) in [6.07, 6.45) is 1.05. The standard InChI is InChI=1S/C22H35N3O2/c1-16-18(7-6-8-19(16)23-15-22(3,4)5)21(26)25-10-9-20(17(25)2)24-11-13-27-14-12-24/h6-8,17,20,23H,9-15H2,1-5H3/t17-,20-/m1/s1. The number of carbonyl (C=O) groups is 1. The molecule has 1 N–H and O–H groups in total. The van der Waals surface area contributed by atoms with Crippen molar-refractivity contribution < 1.29 is 9.53 Å². The molecule has 0 saturated carbocycles. The Morgan fingerprint density at radius 2 is 1.93 bits per heavy atom. The summed E-state index contributed by atoms with van der Waals surface area (Å²) in [5.74, 6) is 0.162. The van der Waals surface area contributed by atoms with Gasteiger partial charge in [0.05, 0.1) is 13.2 Å². The van der Waals surface area contributed by atoms with E-state index in [0.29, 0.717) is 6.04 Å². The van der Waals surface area contributed by atoms with Crippen molar-refractivity contribution in [3.63, 3.8) is 0 Å². The molecular weight excluding hydrogens is 338 g/mol. The number of anilines is 1. The van der Waals surface area contributed by atoms with Crippen LogP contribution in [0.25, 0.3) is 0 Å². The van der Waals surface area contributed by atoms with Crippen LogP contribution in [0.4, 0.5) is 5.69 Å². The number of ether oxygens (including phenoxy) is 1. The van der Waals surface area contributed by atoms with Gasteiger partial charge in [-0.1, -0.05) is 26.8 Å². The summed E-state index contributed by atoms with van der Waals surface area (Å²) in [4.78, 5) is 17.9. The molecule has 0 aromatic heterocycles. The van der Waals surface area contributed by atoms with E-state index < -0.39 is 0 Å². The number of rotatable bonds is 4. The summed E-state index contributed by atoms with van der Waals surface area (Å²) >= 11 is 0.